The fourth-order valence-electron chi connectivity index (χ4n) is 1.83. The van der Waals surface area contributed by atoms with Gasteiger partial charge in [0.05, 0.1) is 5.56 Å². The largest absolute Gasteiger partial charge is 0.382 e. The molecular formula is C16H22N2O. The van der Waals surface area contributed by atoms with E-state index in [2.05, 4.69) is 18.5 Å². The van der Waals surface area contributed by atoms with Crippen LogP contribution in [0.5, 0.6) is 0 Å². The summed E-state index contributed by atoms with van der Waals surface area (Å²) in [5.74, 6) is -0.0106. The second kappa shape index (κ2) is 7.41. The zero-order chi connectivity index (χ0) is 14.3. The highest BCUT2D eigenvalue weighted by Crippen LogP contribution is 2.18. The van der Waals surface area contributed by atoms with Crippen molar-refractivity contribution in [1.82, 2.24) is 4.90 Å². The third-order valence-electron chi connectivity index (χ3n) is 2.59. The number of carbonyl (C=O) groups excluding carboxylic acids is 1. The SMILES string of the molecule is C=CCN(CC=C)C(=O)c1ccccc1NC(C)C. The Labute approximate surface area is 115 Å². The van der Waals surface area contributed by atoms with Crippen LogP contribution in [-0.2, 0) is 0 Å². The molecule has 3 nitrogen and oxygen atoms in total. The summed E-state index contributed by atoms with van der Waals surface area (Å²) in [5, 5.41) is 3.29. The van der Waals surface area contributed by atoms with E-state index in [9.17, 15) is 4.79 Å². The van der Waals surface area contributed by atoms with Gasteiger partial charge >= 0.3 is 0 Å². The van der Waals surface area contributed by atoms with Crippen molar-refractivity contribution >= 4 is 11.6 Å². The van der Waals surface area contributed by atoms with Gasteiger partial charge in [0.25, 0.3) is 5.91 Å². The van der Waals surface area contributed by atoms with Gasteiger partial charge in [-0.1, -0.05) is 24.3 Å². The van der Waals surface area contributed by atoms with E-state index in [0.717, 1.165) is 5.69 Å². The number of carbonyl (C=O) groups is 1. The molecule has 0 aliphatic heterocycles. The minimum Gasteiger partial charge on any atom is -0.382 e. The number of benzene rings is 1. The Morgan fingerprint density at radius 2 is 1.84 bits per heavy atom. The van der Waals surface area contributed by atoms with E-state index in [1.807, 2.05) is 38.1 Å². The lowest BCUT2D eigenvalue weighted by Crippen LogP contribution is -2.32. The van der Waals surface area contributed by atoms with E-state index in [-0.39, 0.29) is 11.9 Å². The Bertz CT molecular complexity index is 442. The average molecular weight is 258 g/mol. The van der Waals surface area contributed by atoms with E-state index in [1.165, 1.54) is 0 Å². The molecule has 0 bridgehead atoms. The summed E-state index contributed by atoms with van der Waals surface area (Å²) in [4.78, 5) is 14.2. The number of amides is 1. The maximum absolute atomic E-state index is 12.5. The van der Waals surface area contributed by atoms with E-state index < -0.39 is 0 Å². The third-order valence-corrected chi connectivity index (χ3v) is 2.59. The lowest BCUT2D eigenvalue weighted by atomic mass is 10.1. The Morgan fingerprint density at radius 3 is 2.37 bits per heavy atom. The highest BCUT2D eigenvalue weighted by molar-refractivity contribution is 5.99. The van der Waals surface area contributed by atoms with Gasteiger partial charge < -0.3 is 10.2 Å². The Hall–Kier alpha value is -2.03. The first-order valence-electron chi connectivity index (χ1n) is 6.46. The van der Waals surface area contributed by atoms with E-state index >= 15 is 0 Å². The average Bonchev–Trinajstić information content (AvgIpc) is 2.38. The number of hydrogen-bond acceptors (Lipinski definition) is 2. The van der Waals surface area contributed by atoms with Gasteiger partial charge in [-0.2, -0.15) is 0 Å². The first-order chi connectivity index (χ1) is 9.10. The molecule has 0 radical (unpaired) electrons. The van der Waals surface area contributed by atoms with Crippen molar-refractivity contribution < 1.29 is 4.79 Å². The first-order valence-corrected chi connectivity index (χ1v) is 6.46. The minimum atomic E-state index is -0.0106. The van der Waals surface area contributed by atoms with Crippen LogP contribution in [0.3, 0.4) is 0 Å². The Balaban J connectivity index is 3.02. The van der Waals surface area contributed by atoms with Crippen molar-refractivity contribution in [3.63, 3.8) is 0 Å². The van der Waals surface area contributed by atoms with Crippen molar-refractivity contribution in [2.24, 2.45) is 0 Å². The van der Waals surface area contributed by atoms with E-state index in [4.69, 9.17) is 0 Å². The maximum atomic E-state index is 12.5. The molecule has 102 valence electrons. The van der Waals surface area contributed by atoms with Crippen molar-refractivity contribution in [3.8, 4) is 0 Å². The van der Waals surface area contributed by atoms with Crippen LogP contribution in [0.2, 0.25) is 0 Å². The van der Waals surface area contributed by atoms with Gasteiger partial charge in [-0.3, -0.25) is 4.79 Å². The van der Waals surface area contributed by atoms with Gasteiger partial charge in [-0.25, -0.2) is 0 Å². The molecule has 0 aliphatic carbocycles. The van der Waals surface area contributed by atoms with Crippen LogP contribution in [-0.4, -0.2) is 29.9 Å². The van der Waals surface area contributed by atoms with Crippen molar-refractivity contribution in [2.75, 3.05) is 18.4 Å². The fraction of sp³-hybridized carbons (Fsp3) is 0.312. The van der Waals surface area contributed by atoms with Gasteiger partial charge in [0.15, 0.2) is 0 Å². The molecule has 0 fully saturated rings. The van der Waals surface area contributed by atoms with Crippen molar-refractivity contribution in [2.45, 2.75) is 19.9 Å². The number of hydrogen-bond donors (Lipinski definition) is 1. The third kappa shape index (κ3) is 4.28. The van der Waals surface area contributed by atoms with Gasteiger partial charge in [0.1, 0.15) is 0 Å². The monoisotopic (exact) mass is 258 g/mol. The van der Waals surface area contributed by atoms with Gasteiger partial charge in [0.2, 0.25) is 0 Å². The molecule has 1 aromatic carbocycles. The summed E-state index contributed by atoms with van der Waals surface area (Å²) in [7, 11) is 0. The molecule has 0 atom stereocenters. The Kier molecular flexibility index (Phi) is 5.86. The lowest BCUT2D eigenvalue weighted by molar-refractivity contribution is 0.0792. The molecule has 0 aliphatic rings. The topological polar surface area (TPSA) is 32.3 Å². The van der Waals surface area contributed by atoms with Crippen LogP contribution < -0.4 is 5.32 Å². The van der Waals surface area contributed by atoms with E-state index in [0.29, 0.717) is 18.7 Å². The summed E-state index contributed by atoms with van der Waals surface area (Å²) in [6.07, 6.45) is 3.44. The highest BCUT2D eigenvalue weighted by Gasteiger charge is 2.16. The summed E-state index contributed by atoms with van der Waals surface area (Å²) in [5.41, 5.74) is 1.54. The summed E-state index contributed by atoms with van der Waals surface area (Å²) in [6.45, 7) is 12.5. The van der Waals surface area contributed by atoms with Crippen LogP contribution >= 0.6 is 0 Å². The standard InChI is InChI=1S/C16H22N2O/c1-5-11-18(12-6-2)16(19)14-9-7-8-10-15(14)17-13(3)4/h5-10,13,17H,1-2,11-12H2,3-4H3. The summed E-state index contributed by atoms with van der Waals surface area (Å²) < 4.78 is 0. The van der Waals surface area contributed by atoms with Crippen LogP contribution in [0.15, 0.2) is 49.6 Å². The molecule has 1 N–H and O–H groups in total. The van der Waals surface area contributed by atoms with Gasteiger partial charge in [0, 0.05) is 24.8 Å². The number of nitrogens with one attached hydrogen (secondary N) is 1. The molecular weight excluding hydrogens is 236 g/mol. The molecule has 1 amide bonds. The van der Waals surface area contributed by atoms with Gasteiger partial charge in [-0.05, 0) is 26.0 Å². The zero-order valence-electron chi connectivity index (χ0n) is 11.7. The second-order valence-corrected chi connectivity index (χ2v) is 4.63. The van der Waals surface area contributed by atoms with Crippen LogP contribution in [0.25, 0.3) is 0 Å². The summed E-state index contributed by atoms with van der Waals surface area (Å²) in [6, 6.07) is 7.84. The molecule has 19 heavy (non-hydrogen) atoms. The molecule has 3 heteroatoms. The number of nitrogens with zero attached hydrogens (tertiary/aromatic N) is 1. The lowest BCUT2D eigenvalue weighted by Gasteiger charge is -2.22. The van der Waals surface area contributed by atoms with Crippen molar-refractivity contribution in [3.05, 3.63) is 55.1 Å². The van der Waals surface area contributed by atoms with Crippen molar-refractivity contribution in [1.29, 1.82) is 0 Å². The highest BCUT2D eigenvalue weighted by atomic mass is 16.2. The van der Waals surface area contributed by atoms with Gasteiger partial charge in [-0.15, -0.1) is 13.2 Å². The van der Waals surface area contributed by atoms with E-state index in [1.54, 1.807) is 17.1 Å². The smallest absolute Gasteiger partial charge is 0.256 e. The van der Waals surface area contributed by atoms with Crippen LogP contribution in [0.4, 0.5) is 5.69 Å². The molecule has 0 heterocycles. The predicted octanol–water partition coefficient (Wildman–Crippen LogP) is 3.32. The first kappa shape index (κ1) is 15.0. The normalized spacial score (nSPS) is 10.1. The van der Waals surface area contributed by atoms with Crippen LogP contribution in [0, 0.1) is 0 Å². The van der Waals surface area contributed by atoms with Crippen LogP contribution in [0.1, 0.15) is 24.2 Å². The number of para-hydroxylation sites is 1. The summed E-state index contributed by atoms with van der Waals surface area (Å²) >= 11 is 0. The molecule has 0 saturated heterocycles. The molecule has 0 unspecified atom stereocenters. The quantitative estimate of drug-likeness (QED) is 0.761. The zero-order valence-corrected chi connectivity index (χ0v) is 11.7. The maximum Gasteiger partial charge on any atom is 0.256 e. The molecule has 1 rings (SSSR count). The number of rotatable bonds is 7. The molecule has 0 aromatic heterocycles. The fourth-order valence-corrected chi connectivity index (χ4v) is 1.83. The molecule has 0 saturated carbocycles. The minimum absolute atomic E-state index is 0.0106. The molecule has 1 aromatic rings. The second-order valence-electron chi connectivity index (χ2n) is 4.63. The Morgan fingerprint density at radius 1 is 1.26 bits per heavy atom. The number of anilines is 1. The predicted molar refractivity (Wildman–Crippen MR) is 81.5 cm³/mol. The molecule has 0 spiro atoms.